The smallest absolute Gasteiger partial charge is 0.318 e. The summed E-state index contributed by atoms with van der Waals surface area (Å²) in [7, 11) is 1.63. The fraction of sp³-hybridized carbons (Fsp3) is 0.400. The van der Waals surface area contributed by atoms with Crippen LogP contribution in [0.15, 0.2) is 41.1 Å². The van der Waals surface area contributed by atoms with Gasteiger partial charge in [-0.15, -0.1) is 10.2 Å². The van der Waals surface area contributed by atoms with Gasteiger partial charge in [0.25, 0.3) is 6.47 Å². The number of benzene rings is 1. The highest BCUT2D eigenvalue weighted by molar-refractivity contribution is 5.86. The molecular formula is C20H25N7O5. The lowest BCUT2D eigenvalue weighted by Gasteiger charge is -2.48. The van der Waals surface area contributed by atoms with E-state index in [9.17, 15) is 4.79 Å². The van der Waals surface area contributed by atoms with Gasteiger partial charge in [0.15, 0.2) is 0 Å². The van der Waals surface area contributed by atoms with E-state index in [0.29, 0.717) is 44.5 Å². The maximum absolute atomic E-state index is 13.1. The number of carboxylic acid groups (broad SMARTS) is 1. The Balaban J connectivity index is 0.000000913. The Morgan fingerprint density at radius 1 is 1.38 bits per heavy atom. The number of nitrogens with one attached hydrogen (secondary N) is 1. The van der Waals surface area contributed by atoms with Crippen LogP contribution in [0.1, 0.15) is 11.5 Å². The molecule has 12 nitrogen and oxygen atoms in total. The van der Waals surface area contributed by atoms with Gasteiger partial charge in [0.05, 0.1) is 25.3 Å². The van der Waals surface area contributed by atoms with Gasteiger partial charge in [-0.05, 0) is 24.1 Å². The van der Waals surface area contributed by atoms with E-state index in [2.05, 4.69) is 25.8 Å². The van der Waals surface area contributed by atoms with E-state index in [1.165, 1.54) is 0 Å². The Morgan fingerprint density at radius 2 is 2.16 bits per heavy atom. The van der Waals surface area contributed by atoms with Crippen LogP contribution in [-0.2, 0) is 22.6 Å². The number of carbonyl (C=O) groups is 2. The molecule has 0 aliphatic carbocycles. The number of nitrogens with zero attached hydrogens (tertiary/aromatic N) is 6. The van der Waals surface area contributed by atoms with Crippen molar-refractivity contribution in [2.75, 3.05) is 31.6 Å². The third kappa shape index (κ3) is 5.39. The molecule has 0 spiro atoms. The molecule has 0 bridgehead atoms. The molecule has 0 radical (unpaired) electrons. The summed E-state index contributed by atoms with van der Waals surface area (Å²) < 4.78 is 12.5. The van der Waals surface area contributed by atoms with E-state index in [0.717, 1.165) is 11.3 Å². The summed E-state index contributed by atoms with van der Waals surface area (Å²) in [5, 5.41) is 25.6. The van der Waals surface area contributed by atoms with Crippen LogP contribution < -0.4 is 15.0 Å². The van der Waals surface area contributed by atoms with Crippen molar-refractivity contribution < 1.29 is 23.8 Å². The molecule has 12 heteroatoms. The maximum atomic E-state index is 13.1. The quantitative estimate of drug-likeness (QED) is 0.473. The first-order valence-electron chi connectivity index (χ1n) is 9.88. The van der Waals surface area contributed by atoms with Crippen molar-refractivity contribution in [1.29, 1.82) is 0 Å². The van der Waals surface area contributed by atoms with Crippen molar-refractivity contribution in [2.45, 2.75) is 19.9 Å². The lowest BCUT2D eigenvalue weighted by Crippen LogP contribution is -2.64. The van der Waals surface area contributed by atoms with Crippen LogP contribution in [0.25, 0.3) is 0 Å². The highest BCUT2D eigenvalue weighted by Gasteiger charge is 2.50. The van der Waals surface area contributed by atoms with Crippen LogP contribution in [0.5, 0.6) is 5.75 Å². The molecule has 0 atom stereocenters. The molecule has 1 aliphatic heterocycles. The number of aromatic nitrogens is 5. The standard InChI is InChI=1S/C19H23N7O3.CH2O2/c1-14-22-23-18(29-14)25-12-19(13-25,11-15-4-3-5-16(10-15)28-2)17(27)20-6-8-26-9-7-21-24-26;2-1-3/h3-5,7,9-10H,6,8,11-13H2,1-2H3,(H,20,27);1H,(H,2,3). The highest BCUT2D eigenvalue weighted by Crippen LogP contribution is 2.37. The summed E-state index contributed by atoms with van der Waals surface area (Å²) in [6, 6.07) is 8.24. The third-order valence-corrected chi connectivity index (χ3v) is 5.03. The number of anilines is 1. The third-order valence-electron chi connectivity index (χ3n) is 5.03. The Hall–Kier alpha value is -3.96. The SMILES string of the molecule is COc1cccc(CC2(C(=O)NCCn3ccnn3)CN(c3nnc(C)o3)C2)c1.O=CO. The molecule has 1 aromatic carbocycles. The van der Waals surface area contributed by atoms with E-state index in [-0.39, 0.29) is 12.4 Å². The fourth-order valence-corrected chi connectivity index (χ4v) is 3.57. The predicted octanol–water partition coefficient (Wildman–Crippen LogP) is 0.544. The van der Waals surface area contributed by atoms with Crippen molar-refractivity contribution in [1.82, 2.24) is 30.5 Å². The predicted molar refractivity (Wildman–Crippen MR) is 112 cm³/mol. The van der Waals surface area contributed by atoms with Crippen molar-refractivity contribution in [3.8, 4) is 5.75 Å². The van der Waals surface area contributed by atoms with Gasteiger partial charge in [0, 0.05) is 32.8 Å². The summed E-state index contributed by atoms with van der Waals surface area (Å²) in [4.78, 5) is 23.4. The Labute approximate surface area is 184 Å². The number of ether oxygens (including phenoxy) is 1. The lowest BCUT2D eigenvalue weighted by molar-refractivity contribution is -0.132. The van der Waals surface area contributed by atoms with Crippen LogP contribution >= 0.6 is 0 Å². The number of aryl methyl sites for hydroxylation is 1. The summed E-state index contributed by atoms with van der Waals surface area (Å²) in [6.07, 6.45) is 3.96. The van der Waals surface area contributed by atoms with E-state index >= 15 is 0 Å². The van der Waals surface area contributed by atoms with Gasteiger partial charge in [-0.2, -0.15) is 0 Å². The molecule has 0 unspecified atom stereocenters. The second kappa shape index (κ2) is 10.4. The molecule has 170 valence electrons. The Kier molecular flexibility index (Phi) is 7.37. The molecular weight excluding hydrogens is 418 g/mol. The summed E-state index contributed by atoms with van der Waals surface area (Å²) in [5.74, 6) is 1.27. The second-order valence-corrected chi connectivity index (χ2v) is 7.30. The van der Waals surface area contributed by atoms with Gasteiger partial charge in [-0.1, -0.05) is 22.4 Å². The van der Waals surface area contributed by atoms with Crippen LogP contribution in [0.4, 0.5) is 6.01 Å². The zero-order chi connectivity index (χ0) is 23.0. The average Bonchev–Trinajstić information content (AvgIpc) is 3.43. The zero-order valence-corrected chi connectivity index (χ0v) is 17.8. The van der Waals surface area contributed by atoms with E-state index in [1.54, 1.807) is 31.1 Å². The number of hydrogen-bond acceptors (Lipinski definition) is 9. The Bertz CT molecular complexity index is 1020. The maximum Gasteiger partial charge on any atom is 0.318 e. The van der Waals surface area contributed by atoms with E-state index in [4.69, 9.17) is 19.1 Å². The molecule has 0 saturated carbocycles. The highest BCUT2D eigenvalue weighted by atomic mass is 16.5. The molecule has 2 N–H and O–H groups in total. The van der Waals surface area contributed by atoms with Gasteiger partial charge in [-0.3, -0.25) is 14.3 Å². The number of rotatable bonds is 8. The first-order valence-corrected chi connectivity index (χ1v) is 9.88. The summed E-state index contributed by atoms with van der Waals surface area (Å²) in [6.45, 7) is 3.54. The van der Waals surface area contributed by atoms with Crippen molar-refractivity contribution >= 4 is 18.4 Å². The monoisotopic (exact) mass is 443 g/mol. The van der Waals surface area contributed by atoms with Gasteiger partial charge in [0.1, 0.15) is 5.75 Å². The van der Waals surface area contributed by atoms with Gasteiger partial charge in [0.2, 0.25) is 11.8 Å². The molecule has 1 saturated heterocycles. The van der Waals surface area contributed by atoms with E-state index in [1.807, 2.05) is 29.2 Å². The summed E-state index contributed by atoms with van der Waals surface area (Å²) in [5.41, 5.74) is 0.453. The lowest BCUT2D eigenvalue weighted by atomic mass is 9.74. The number of amides is 1. The Morgan fingerprint density at radius 3 is 2.78 bits per heavy atom. The van der Waals surface area contributed by atoms with Gasteiger partial charge < -0.3 is 24.5 Å². The second-order valence-electron chi connectivity index (χ2n) is 7.30. The van der Waals surface area contributed by atoms with E-state index < -0.39 is 5.41 Å². The minimum atomic E-state index is -0.586. The minimum absolute atomic E-state index is 0.00655. The minimum Gasteiger partial charge on any atom is -0.497 e. The first-order chi connectivity index (χ1) is 15.5. The van der Waals surface area contributed by atoms with Crippen molar-refractivity contribution in [3.05, 3.63) is 48.1 Å². The number of carbonyl (C=O) groups excluding carboxylic acids is 1. The number of methoxy groups -OCH3 is 1. The molecule has 3 aromatic rings. The average molecular weight is 443 g/mol. The first kappa shape index (κ1) is 22.7. The molecule has 1 fully saturated rings. The van der Waals surface area contributed by atoms with Crippen molar-refractivity contribution in [2.24, 2.45) is 5.41 Å². The van der Waals surface area contributed by atoms with Crippen LogP contribution in [0.2, 0.25) is 0 Å². The largest absolute Gasteiger partial charge is 0.497 e. The van der Waals surface area contributed by atoms with Gasteiger partial charge in [-0.25, -0.2) is 0 Å². The molecule has 3 heterocycles. The molecule has 1 aliphatic rings. The normalized spacial score (nSPS) is 14.0. The van der Waals surface area contributed by atoms with Crippen LogP contribution in [0.3, 0.4) is 0 Å². The molecule has 2 aromatic heterocycles. The number of hydrogen-bond donors (Lipinski definition) is 2. The van der Waals surface area contributed by atoms with Crippen LogP contribution in [0, 0.1) is 12.3 Å². The molecule has 1 amide bonds. The molecule has 32 heavy (non-hydrogen) atoms. The van der Waals surface area contributed by atoms with Crippen molar-refractivity contribution in [3.63, 3.8) is 0 Å². The fourth-order valence-electron chi connectivity index (χ4n) is 3.57. The molecule has 4 rings (SSSR count). The van der Waals surface area contributed by atoms with Gasteiger partial charge >= 0.3 is 6.01 Å². The topological polar surface area (TPSA) is 148 Å². The zero-order valence-electron chi connectivity index (χ0n) is 17.8. The van der Waals surface area contributed by atoms with Crippen LogP contribution in [-0.4, -0.2) is 69.4 Å². The summed E-state index contributed by atoms with van der Waals surface area (Å²) >= 11 is 0.